The third-order valence-electron chi connectivity index (χ3n) is 2.66. The van der Waals surface area contributed by atoms with Crippen molar-refractivity contribution in [3.8, 4) is 11.5 Å². The number of hydrogen-bond acceptors (Lipinski definition) is 5. The zero-order valence-electron chi connectivity index (χ0n) is 12.1. The zero-order valence-corrected chi connectivity index (χ0v) is 12.9. The molecule has 0 aliphatic heterocycles. The van der Waals surface area contributed by atoms with Crippen LogP contribution in [-0.4, -0.2) is 38.5 Å². The Hall–Kier alpha value is -2.01. The van der Waals surface area contributed by atoms with E-state index in [0.29, 0.717) is 29.2 Å². The Morgan fingerprint density at radius 3 is 2.38 bits per heavy atom. The lowest BCUT2D eigenvalue weighted by molar-refractivity contribution is -0.137. The minimum atomic E-state index is -0.472. The van der Waals surface area contributed by atoms with Gasteiger partial charge in [0, 0.05) is 17.7 Å². The van der Waals surface area contributed by atoms with Crippen LogP contribution < -0.4 is 9.47 Å². The molecule has 0 spiro atoms. The van der Waals surface area contributed by atoms with Gasteiger partial charge in [-0.1, -0.05) is 0 Å². The lowest BCUT2D eigenvalue weighted by atomic mass is 10.0. The molecular formula is C15H17ClO5. The van der Waals surface area contributed by atoms with Crippen LogP contribution in [0.3, 0.4) is 0 Å². The predicted octanol–water partition coefficient (Wildman–Crippen LogP) is 2.70. The molecule has 0 aromatic heterocycles. The number of carbonyl (C=O) groups excluding carboxylic acids is 2. The van der Waals surface area contributed by atoms with Crippen LogP contribution in [0.4, 0.5) is 0 Å². The molecule has 0 radical (unpaired) electrons. The predicted molar refractivity (Wildman–Crippen MR) is 80.3 cm³/mol. The summed E-state index contributed by atoms with van der Waals surface area (Å²) >= 11 is 5.58. The van der Waals surface area contributed by atoms with E-state index in [2.05, 4.69) is 0 Å². The fraction of sp³-hybridized carbons (Fsp3) is 0.333. The molecule has 0 saturated heterocycles. The number of alkyl halides is 1. The Balaban J connectivity index is 3.23. The number of halogens is 1. The highest BCUT2D eigenvalue weighted by Crippen LogP contribution is 2.30. The van der Waals surface area contributed by atoms with E-state index in [-0.39, 0.29) is 11.7 Å². The van der Waals surface area contributed by atoms with Gasteiger partial charge in [-0.15, -0.1) is 11.6 Å². The molecule has 0 aliphatic rings. The highest BCUT2D eigenvalue weighted by Gasteiger charge is 2.15. The molecule has 114 valence electrons. The number of methoxy groups -OCH3 is 2. The number of hydrogen-bond donors (Lipinski definition) is 0. The minimum Gasteiger partial charge on any atom is -0.496 e. The first kappa shape index (κ1) is 17.0. The van der Waals surface area contributed by atoms with Gasteiger partial charge in [0.15, 0.2) is 5.78 Å². The van der Waals surface area contributed by atoms with E-state index in [0.717, 1.165) is 0 Å². The molecule has 0 N–H and O–H groups in total. The summed E-state index contributed by atoms with van der Waals surface area (Å²) in [6.07, 6.45) is 2.78. The fourth-order valence-electron chi connectivity index (χ4n) is 1.69. The van der Waals surface area contributed by atoms with Crippen molar-refractivity contribution in [1.29, 1.82) is 0 Å². The molecule has 0 bridgehead atoms. The summed E-state index contributed by atoms with van der Waals surface area (Å²) in [5.74, 6) is -0.0733. The van der Waals surface area contributed by atoms with E-state index in [9.17, 15) is 9.59 Å². The van der Waals surface area contributed by atoms with Crippen LogP contribution in [0.1, 0.15) is 22.8 Å². The molecule has 1 rings (SSSR count). The van der Waals surface area contributed by atoms with Gasteiger partial charge in [-0.3, -0.25) is 4.79 Å². The Labute approximate surface area is 128 Å². The Morgan fingerprint density at radius 1 is 1.19 bits per heavy atom. The average Bonchev–Trinajstić information content (AvgIpc) is 2.51. The third-order valence-corrected chi connectivity index (χ3v) is 2.90. The van der Waals surface area contributed by atoms with Gasteiger partial charge in [-0.05, 0) is 19.1 Å². The first-order valence-corrected chi connectivity index (χ1v) is 6.80. The van der Waals surface area contributed by atoms with E-state index in [1.54, 1.807) is 19.1 Å². The van der Waals surface area contributed by atoms with Crippen molar-refractivity contribution in [3.63, 3.8) is 0 Å². The van der Waals surface area contributed by atoms with E-state index in [1.807, 2.05) is 0 Å². The molecule has 0 aliphatic carbocycles. The molecule has 0 heterocycles. The zero-order chi connectivity index (χ0) is 15.8. The largest absolute Gasteiger partial charge is 0.496 e. The van der Waals surface area contributed by atoms with E-state index >= 15 is 0 Å². The maximum atomic E-state index is 11.8. The lowest BCUT2D eigenvalue weighted by Crippen LogP contribution is -2.05. The summed E-state index contributed by atoms with van der Waals surface area (Å²) in [6.45, 7) is 2.01. The van der Waals surface area contributed by atoms with Crippen molar-refractivity contribution in [3.05, 3.63) is 29.3 Å². The number of Topliss-reactive ketones (excluding diaryl/α,β-unsaturated/α-hetero) is 1. The van der Waals surface area contributed by atoms with Gasteiger partial charge in [0.1, 0.15) is 11.5 Å². The monoisotopic (exact) mass is 312 g/mol. The molecule has 0 saturated carbocycles. The molecule has 1 aromatic rings. The topological polar surface area (TPSA) is 61.8 Å². The van der Waals surface area contributed by atoms with Crippen molar-refractivity contribution in [2.24, 2.45) is 0 Å². The van der Waals surface area contributed by atoms with Crippen molar-refractivity contribution < 1.29 is 23.8 Å². The molecule has 1 aromatic carbocycles. The summed E-state index contributed by atoms with van der Waals surface area (Å²) in [6, 6.07) is 3.14. The average molecular weight is 313 g/mol. The SMILES string of the molecule is CCOC(=O)/C=C/c1cc(C(=O)CCl)c(OC)cc1OC. The molecule has 0 amide bonds. The molecule has 0 unspecified atom stereocenters. The first-order valence-electron chi connectivity index (χ1n) is 6.27. The molecule has 5 nitrogen and oxygen atoms in total. The van der Waals surface area contributed by atoms with Crippen molar-refractivity contribution >= 4 is 29.4 Å². The standard InChI is InChI=1S/C15H17ClO5/c1-4-21-15(18)6-5-10-7-11(12(17)9-16)14(20-3)8-13(10)19-2/h5-8H,4,9H2,1-3H3/b6-5+. The third kappa shape index (κ3) is 4.49. The highest BCUT2D eigenvalue weighted by molar-refractivity contribution is 6.30. The number of esters is 1. The van der Waals surface area contributed by atoms with Gasteiger partial charge < -0.3 is 14.2 Å². The Morgan fingerprint density at radius 2 is 1.86 bits per heavy atom. The molecule has 6 heteroatoms. The van der Waals surface area contributed by atoms with Crippen LogP contribution in [0, 0.1) is 0 Å². The van der Waals surface area contributed by atoms with Gasteiger partial charge >= 0.3 is 5.97 Å². The minimum absolute atomic E-state index is 0.163. The van der Waals surface area contributed by atoms with Gasteiger partial charge in [0.05, 0.1) is 32.3 Å². The van der Waals surface area contributed by atoms with E-state index < -0.39 is 5.97 Å². The molecule has 21 heavy (non-hydrogen) atoms. The molecule has 0 fully saturated rings. The summed E-state index contributed by atoms with van der Waals surface area (Å²) < 4.78 is 15.2. The highest BCUT2D eigenvalue weighted by atomic mass is 35.5. The van der Waals surface area contributed by atoms with Crippen LogP contribution in [0.5, 0.6) is 11.5 Å². The summed E-state index contributed by atoms with van der Waals surface area (Å²) in [4.78, 5) is 23.2. The van der Waals surface area contributed by atoms with Crippen molar-refractivity contribution in [2.45, 2.75) is 6.92 Å². The smallest absolute Gasteiger partial charge is 0.330 e. The molecular weight excluding hydrogens is 296 g/mol. The van der Waals surface area contributed by atoms with Crippen LogP contribution in [0.25, 0.3) is 6.08 Å². The molecule has 0 atom stereocenters. The van der Waals surface area contributed by atoms with Crippen molar-refractivity contribution in [1.82, 2.24) is 0 Å². The number of carbonyl (C=O) groups is 2. The van der Waals surface area contributed by atoms with E-state index in [4.69, 9.17) is 25.8 Å². The number of rotatable bonds is 7. The maximum Gasteiger partial charge on any atom is 0.330 e. The number of ether oxygens (including phenoxy) is 3. The number of ketones is 1. The van der Waals surface area contributed by atoms with Crippen LogP contribution in [0.15, 0.2) is 18.2 Å². The lowest BCUT2D eigenvalue weighted by Gasteiger charge is -2.11. The van der Waals surface area contributed by atoms with Gasteiger partial charge in [0.2, 0.25) is 0 Å². The van der Waals surface area contributed by atoms with Gasteiger partial charge in [-0.25, -0.2) is 4.79 Å². The van der Waals surface area contributed by atoms with Crippen LogP contribution in [0.2, 0.25) is 0 Å². The normalized spacial score (nSPS) is 10.5. The van der Waals surface area contributed by atoms with E-state index in [1.165, 1.54) is 26.4 Å². The summed E-state index contributed by atoms with van der Waals surface area (Å²) in [7, 11) is 2.94. The maximum absolute atomic E-state index is 11.8. The second kappa shape index (κ2) is 8.32. The quantitative estimate of drug-likeness (QED) is 0.335. The number of benzene rings is 1. The Kier molecular flexibility index (Phi) is 6.75. The second-order valence-corrected chi connectivity index (χ2v) is 4.20. The van der Waals surface area contributed by atoms with Gasteiger partial charge in [-0.2, -0.15) is 0 Å². The fourth-order valence-corrected chi connectivity index (χ4v) is 1.84. The second-order valence-electron chi connectivity index (χ2n) is 3.94. The summed E-state index contributed by atoms with van der Waals surface area (Å²) in [5, 5.41) is 0. The van der Waals surface area contributed by atoms with Crippen LogP contribution >= 0.6 is 11.6 Å². The Bertz CT molecular complexity index is 551. The first-order chi connectivity index (χ1) is 10.1. The van der Waals surface area contributed by atoms with Crippen molar-refractivity contribution in [2.75, 3.05) is 26.7 Å². The van der Waals surface area contributed by atoms with Gasteiger partial charge in [0.25, 0.3) is 0 Å². The van der Waals surface area contributed by atoms with Crippen LogP contribution in [-0.2, 0) is 9.53 Å². The summed E-state index contributed by atoms with van der Waals surface area (Å²) in [5.41, 5.74) is 0.886.